The standard InChI is InChI=1S/C15H23NOS/c1-11(2)7-6-8-12(3)16-15(17)13-9-4-5-10-14(13)18/h4-5,9-12,18H,6-8H2,1-3H3,(H,16,17)/p-1/t12-/m1/s1. The van der Waals surface area contributed by atoms with Gasteiger partial charge in [-0.1, -0.05) is 51.0 Å². The maximum atomic E-state index is 12.0. The molecular weight excluding hydrogens is 242 g/mol. The van der Waals surface area contributed by atoms with Crippen LogP contribution in [0, 0.1) is 5.92 Å². The Kier molecular flexibility index (Phi) is 6.13. The second-order valence-electron chi connectivity index (χ2n) is 5.20. The zero-order valence-corrected chi connectivity index (χ0v) is 12.2. The number of amides is 1. The molecule has 1 N–H and O–H groups in total. The van der Waals surface area contributed by atoms with Crippen LogP contribution in [0.5, 0.6) is 0 Å². The molecule has 0 unspecified atom stereocenters. The lowest BCUT2D eigenvalue weighted by Gasteiger charge is -2.17. The topological polar surface area (TPSA) is 29.1 Å². The second-order valence-corrected chi connectivity index (χ2v) is 5.64. The van der Waals surface area contributed by atoms with Crippen molar-refractivity contribution in [2.75, 3.05) is 0 Å². The molecule has 0 bridgehead atoms. The van der Waals surface area contributed by atoms with E-state index in [1.54, 1.807) is 12.1 Å². The average molecular weight is 264 g/mol. The molecule has 1 amide bonds. The van der Waals surface area contributed by atoms with Gasteiger partial charge in [-0.25, -0.2) is 0 Å². The molecule has 18 heavy (non-hydrogen) atoms. The van der Waals surface area contributed by atoms with E-state index in [9.17, 15) is 4.79 Å². The van der Waals surface area contributed by atoms with Gasteiger partial charge in [0.1, 0.15) is 0 Å². The van der Waals surface area contributed by atoms with E-state index in [4.69, 9.17) is 12.6 Å². The van der Waals surface area contributed by atoms with E-state index in [2.05, 4.69) is 19.2 Å². The molecule has 1 aromatic rings. The highest BCUT2D eigenvalue weighted by atomic mass is 32.1. The summed E-state index contributed by atoms with van der Waals surface area (Å²) < 4.78 is 0. The molecule has 0 aliphatic carbocycles. The molecule has 0 radical (unpaired) electrons. The van der Waals surface area contributed by atoms with Gasteiger partial charge < -0.3 is 17.9 Å². The monoisotopic (exact) mass is 264 g/mol. The molecule has 0 saturated carbocycles. The first kappa shape index (κ1) is 15.0. The molecule has 1 aromatic carbocycles. The number of rotatable bonds is 6. The first-order valence-corrected chi connectivity index (χ1v) is 6.98. The molecule has 0 aliphatic rings. The Morgan fingerprint density at radius 3 is 2.50 bits per heavy atom. The summed E-state index contributed by atoms with van der Waals surface area (Å²) in [6, 6.07) is 7.46. The Morgan fingerprint density at radius 2 is 1.89 bits per heavy atom. The predicted octanol–water partition coefficient (Wildman–Crippen LogP) is 3.54. The summed E-state index contributed by atoms with van der Waals surface area (Å²) >= 11 is 5.14. The van der Waals surface area contributed by atoms with Crippen LogP contribution in [0.4, 0.5) is 0 Å². The SMILES string of the molecule is CC(C)CCC[C@@H](C)NC(=O)c1ccccc1[S-]. The molecule has 2 nitrogen and oxygen atoms in total. The number of hydrogen-bond acceptors (Lipinski definition) is 2. The second kappa shape index (κ2) is 7.37. The minimum atomic E-state index is -0.0577. The van der Waals surface area contributed by atoms with E-state index in [0.717, 1.165) is 18.8 Å². The third kappa shape index (κ3) is 5.05. The molecule has 3 heteroatoms. The lowest BCUT2D eigenvalue weighted by molar-refractivity contribution is 0.0935. The summed E-state index contributed by atoms with van der Waals surface area (Å²) in [5.74, 6) is 0.666. The van der Waals surface area contributed by atoms with E-state index in [-0.39, 0.29) is 11.9 Å². The zero-order valence-electron chi connectivity index (χ0n) is 11.4. The molecule has 1 rings (SSSR count). The van der Waals surface area contributed by atoms with Crippen molar-refractivity contribution in [3.63, 3.8) is 0 Å². The lowest BCUT2D eigenvalue weighted by atomic mass is 10.0. The Labute approximate surface area is 116 Å². The van der Waals surface area contributed by atoms with Gasteiger partial charge in [0.15, 0.2) is 0 Å². The fraction of sp³-hybridized carbons (Fsp3) is 0.533. The Bertz CT molecular complexity index is 390. The fourth-order valence-electron chi connectivity index (χ4n) is 1.86. The van der Waals surface area contributed by atoms with Crippen LogP contribution in [0.1, 0.15) is 50.4 Å². The third-order valence-electron chi connectivity index (χ3n) is 2.93. The Hall–Kier alpha value is -1.09. The Balaban J connectivity index is 2.43. The van der Waals surface area contributed by atoms with Crippen LogP contribution in [0.15, 0.2) is 29.2 Å². The predicted molar refractivity (Wildman–Crippen MR) is 77.7 cm³/mol. The first-order chi connectivity index (χ1) is 8.50. The van der Waals surface area contributed by atoms with Gasteiger partial charge in [0, 0.05) is 11.6 Å². The van der Waals surface area contributed by atoms with Crippen molar-refractivity contribution in [3.05, 3.63) is 29.8 Å². The summed E-state index contributed by atoms with van der Waals surface area (Å²) in [4.78, 5) is 12.6. The number of hydrogen-bond donors (Lipinski definition) is 1. The molecular formula is C15H22NOS-. The quantitative estimate of drug-likeness (QED) is 0.796. The van der Waals surface area contributed by atoms with Gasteiger partial charge in [-0.05, 0) is 19.3 Å². The first-order valence-electron chi connectivity index (χ1n) is 6.57. The van der Waals surface area contributed by atoms with Gasteiger partial charge in [0.05, 0.1) is 0 Å². The van der Waals surface area contributed by atoms with Crippen LogP contribution in [-0.2, 0) is 12.6 Å². The van der Waals surface area contributed by atoms with Crippen LogP contribution in [0.3, 0.4) is 0 Å². The van der Waals surface area contributed by atoms with Gasteiger partial charge in [-0.15, -0.1) is 0 Å². The highest BCUT2D eigenvalue weighted by molar-refractivity contribution is 7.58. The van der Waals surface area contributed by atoms with Gasteiger partial charge in [-0.3, -0.25) is 4.79 Å². The van der Waals surface area contributed by atoms with Crippen molar-refractivity contribution in [1.82, 2.24) is 5.32 Å². The maximum Gasteiger partial charge on any atom is 0.249 e. The maximum absolute atomic E-state index is 12.0. The Morgan fingerprint density at radius 1 is 1.22 bits per heavy atom. The highest BCUT2D eigenvalue weighted by Crippen LogP contribution is 2.10. The number of carbonyl (C=O) groups excluding carboxylic acids is 1. The minimum absolute atomic E-state index is 0.0577. The summed E-state index contributed by atoms with van der Waals surface area (Å²) in [6.07, 6.45) is 3.37. The molecule has 0 spiro atoms. The normalized spacial score (nSPS) is 12.4. The summed E-state index contributed by atoms with van der Waals surface area (Å²) in [5, 5.41) is 3.01. The average Bonchev–Trinajstić information content (AvgIpc) is 2.28. The lowest BCUT2D eigenvalue weighted by Crippen LogP contribution is -2.32. The summed E-state index contributed by atoms with van der Waals surface area (Å²) in [6.45, 7) is 6.48. The van der Waals surface area contributed by atoms with Crippen LogP contribution >= 0.6 is 0 Å². The number of benzene rings is 1. The number of carbonyl (C=O) groups is 1. The van der Waals surface area contributed by atoms with Crippen molar-refractivity contribution in [1.29, 1.82) is 0 Å². The van der Waals surface area contributed by atoms with Crippen molar-refractivity contribution in [3.8, 4) is 0 Å². The summed E-state index contributed by atoms with van der Waals surface area (Å²) in [5.41, 5.74) is 0.600. The molecule has 100 valence electrons. The van der Waals surface area contributed by atoms with Gasteiger partial charge in [0.25, 0.3) is 0 Å². The molecule has 0 heterocycles. The van der Waals surface area contributed by atoms with E-state index in [0.29, 0.717) is 10.5 Å². The van der Waals surface area contributed by atoms with Crippen molar-refractivity contribution < 1.29 is 4.79 Å². The van der Waals surface area contributed by atoms with E-state index < -0.39 is 0 Å². The van der Waals surface area contributed by atoms with Gasteiger partial charge in [-0.2, -0.15) is 4.90 Å². The van der Waals surface area contributed by atoms with Gasteiger partial charge >= 0.3 is 0 Å². The van der Waals surface area contributed by atoms with E-state index in [1.165, 1.54) is 6.42 Å². The fourth-order valence-corrected chi connectivity index (χ4v) is 2.10. The third-order valence-corrected chi connectivity index (χ3v) is 3.28. The van der Waals surface area contributed by atoms with Crippen LogP contribution in [-0.4, -0.2) is 11.9 Å². The molecule has 0 saturated heterocycles. The van der Waals surface area contributed by atoms with Crippen LogP contribution in [0.2, 0.25) is 0 Å². The van der Waals surface area contributed by atoms with Crippen LogP contribution in [0.25, 0.3) is 0 Å². The van der Waals surface area contributed by atoms with Crippen molar-refractivity contribution >= 4 is 18.5 Å². The van der Waals surface area contributed by atoms with Crippen molar-refractivity contribution in [2.45, 2.75) is 51.0 Å². The van der Waals surface area contributed by atoms with Crippen molar-refractivity contribution in [2.24, 2.45) is 5.92 Å². The van der Waals surface area contributed by atoms with Gasteiger partial charge in [0.2, 0.25) is 5.91 Å². The highest BCUT2D eigenvalue weighted by Gasteiger charge is 2.09. The smallest absolute Gasteiger partial charge is 0.249 e. The zero-order chi connectivity index (χ0) is 13.5. The van der Waals surface area contributed by atoms with Crippen LogP contribution < -0.4 is 5.32 Å². The summed E-state index contributed by atoms with van der Waals surface area (Å²) in [7, 11) is 0. The number of nitrogens with one attached hydrogen (secondary N) is 1. The molecule has 0 aliphatic heterocycles. The van der Waals surface area contributed by atoms with E-state index in [1.807, 2.05) is 19.1 Å². The minimum Gasteiger partial charge on any atom is -0.779 e. The largest absolute Gasteiger partial charge is 0.779 e. The van der Waals surface area contributed by atoms with E-state index >= 15 is 0 Å². The molecule has 0 fully saturated rings. The molecule has 1 atom stereocenters. The molecule has 0 aromatic heterocycles.